The van der Waals surface area contributed by atoms with Gasteiger partial charge < -0.3 is 34.3 Å². The Balaban J connectivity index is 0.683. The Kier molecular flexibility index (Phi) is 21.4. The van der Waals surface area contributed by atoms with Crippen LogP contribution in [0.25, 0.3) is 33.4 Å². The molecule has 0 N–H and O–H groups in total. The van der Waals surface area contributed by atoms with Crippen molar-refractivity contribution in [2.24, 2.45) is 0 Å². The zero-order valence-electron chi connectivity index (χ0n) is 66.2. The number of rotatable bonds is 24. The van der Waals surface area contributed by atoms with E-state index in [4.69, 9.17) is 0 Å². The summed E-state index contributed by atoms with van der Waals surface area (Å²) in [5.74, 6) is 0. The first-order valence-corrected chi connectivity index (χ1v) is 40.3. The van der Waals surface area contributed by atoms with Crippen LogP contribution in [0.5, 0.6) is 0 Å². The first-order valence-electron chi connectivity index (χ1n) is 40.3. The minimum Gasteiger partial charge on any atom is -0.311 e. The van der Waals surface area contributed by atoms with E-state index in [1.165, 1.54) is 16.7 Å². The first-order chi connectivity index (χ1) is 58.2. The summed E-state index contributed by atoms with van der Waals surface area (Å²) < 4.78 is 0. The fourth-order valence-electron chi connectivity index (χ4n) is 16.0. The molecule has 0 unspecified atom stereocenters. The van der Waals surface area contributed by atoms with Crippen LogP contribution in [0.4, 0.5) is 119 Å². The molecule has 18 aromatic rings. The van der Waals surface area contributed by atoms with Gasteiger partial charge in [0.1, 0.15) is 0 Å². The Bertz CT molecular complexity index is 5580. The highest BCUT2D eigenvalue weighted by Gasteiger charge is 2.23. The molecule has 0 spiro atoms. The van der Waals surface area contributed by atoms with Crippen LogP contribution in [-0.2, 0) is 0 Å². The molecule has 0 aromatic heterocycles. The van der Waals surface area contributed by atoms with Crippen LogP contribution in [0, 0.1) is 20.8 Å². The highest BCUT2D eigenvalue weighted by Crippen LogP contribution is 2.47. The maximum absolute atomic E-state index is 2.37. The van der Waals surface area contributed by atoms with Gasteiger partial charge in [0.15, 0.2) is 0 Å². The Hall–Kier alpha value is -15.4. The predicted molar refractivity (Wildman–Crippen MR) is 500 cm³/mol. The topological polar surface area (TPSA) is 22.7 Å². The summed E-state index contributed by atoms with van der Waals surface area (Å²) in [5.41, 5.74) is 32.7. The van der Waals surface area contributed by atoms with Gasteiger partial charge in [0, 0.05) is 119 Å². The second-order valence-electron chi connectivity index (χ2n) is 29.7. The van der Waals surface area contributed by atoms with Crippen molar-refractivity contribution in [3.63, 3.8) is 0 Å². The van der Waals surface area contributed by atoms with Crippen molar-refractivity contribution < 1.29 is 0 Å². The van der Waals surface area contributed by atoms with Gasteiger partial charge in [-0.1, -0.05) is 218 Å². The first kappa shape index (κ1) is 74.0. The zero-order valence-corrected chi connectivity index (χ0v) is 66.2. The monoisotopic (exact) mass is 1520 g/mol. The molecule has 0 amide bonds. The molecule has 566 valence electrons. The molecule has 0 saturated carbocycles. The van der Waals surface area contributed by atoms with E-state index in [-0.39, 0.29) is 0 Å². The lowest BCUT2D eigenvalue weighted by Crippen LogP contribution is -2.14. The van der Waals surface area contributed by atoms with Gasteiger partial charge in [0.25, 0.3) is 0 Å². The summed E-state index contributed by atoms with van der Waals surface area (Å²) in [4.78, 5) is 16.4. The predicted octanol–water partition coefficient (Wildman–Crippen LogP) is 31.9. The highest BCUT2D eigenvalue weighted by atomic mass is 15.2. The van der Waals surface area contributed by atoms with Gasteiger partial charge in [-0.3, -0.25) is 0 Å². The number of aryl methyl sites for hydroxylation is 3. The van der Waals surface area contributed by atoms with Crippen LogP contribution >= 0.6 is 0 Å². The lowest BCUT2D eigenvalue weighted by Gasteiger charge is -2.30. The number of anilines is 21. The van der Waals surface area contributed by atoms with Gasteiger partial charge >= 0.3 is 0 Å². The summed E-state index contributed by atoms with van der Waals surface area (Å²) in [5, 5.41) is 0. The van der Waals surface area contributed by atoms with Crippen molar-refractivity contribution in [1.82, 2.24) is 0 Å². The fraction of sp³-hybridized carbons (Fsp3) is 0.0270. The van der Waals surface area contributed by atoms with Crippen LogP contribution < -0.4 is 34.3 Å². The maximum Gasteiger partial charge on any atom is 0.0464 e. The minimum absolute atomic E-state index is 1.00. The molecule has 18 aromatic carbocycles. The van der Waals surface area contributed by atoms with Crippen LogP contribution in [0.3, 0.4) is 0 Å². The van der Waals surface area contributed by atoms with Crippen LogP contribution in [0.1, 0.15) is 16.7 Å². The zero-order chi connectivity index (χ0) is 79.5. The molecule has 18 rings (SSSR count). The molecule has 0 aliphatic heterocycles. The van der Waals surface area contributed by atoms with Crippen molar-refractivity contribution in [2.45, 2.75) is 20.8 Å². The molecule has 0 aliphatic carbocycles. The highest BCUT2D eigenvalue weighted by molar-refractivity contribution is 5.89. The van der Waals surface area contributed by atoms with Crippen molar-refractivity contribution in [3.05, 3.63) is 490 Å². The van der Waals surface area contributed by atoms with E-state index in [2.05, 4.69) is 528 Å². The quantitative estimate of drug-likeness (QED) is 0.0594. The van der Waals surface area contributed by atoms with Gasteiger partial charge in [0.2, 0.25) is 0 Å². The van der Waals surface area contributed by atoms with E-state index in [0.29, 0.717) is 0 Å². The van der Waals surface area contributed by atoms with E-state index >= 15 is 0 Å². The molecule has 7 nitrogen and oxygen atoms in total. The largest absolute Gasteiger partial charge is 0.311 e. The number of para-hydroxylation sites is 6. The second kappa shape index (κ2) is 34.1. The Morgan fingerprint density at radius 1 is 0.102 bits per heavy atom. The van der Waals surface area contributed by atoms with Gasteiger partial charge in [-0.25, -0.2) is 0 Å². The summed E-state index contributed by atoms with van der Waals surface area (Å²) in [7, 11) is 0. The summed E-state index contributed by atoms with van der Waals surface area (Å²) in [6, 6.07) is 170. The standard InChI is InChI=1S/C111H87N7/c1-82-25-22-40-109(79-82)116(100-61-49-88(50-62-100)85-43-55-97(56-44-85)112(91-28-10-4-11-29-91)92-30-12-5-13-31-92)106-73-67-103(68-74-106)115(104-69-75-107(76-70-104)117(110-41-23-26-83(2)80-110)101-63-51-89(52-64-101)86-45-57-98(58-46-86)113(93-32-14-6-15-33-93)94-34-16-7-17-35-94)105-71-77-108(78-72-105)118(111-42-24-27-84(3)81-111)102-65-53-90(54-66-102)87-47-59-99(60-48-87)114(95-36-18-8-19-37-95)96-38-20-9-21-39-96/h4-81H,1-3H3. The Morgan fingerprint density at radius 3 is 0.347 bits per heavy atom. The van der Waals surface area contributed by atoms with E-state index < -0.39 is 0 Å². The molecule has 0 aliphatic rings. The number of hydrogen-bond donors (Lipinski definition) is 0. The Morgan fingerprint density at radius 2 is 0.212 bits per heavy atom. The van der Waals surface area contributed by atoms with Gasteiger partial charge in [-0.05, 0) is 326 Å². The van der Waals surface area contributed by atoms with Gasteiger partial charge in [0.05, 0.1) is 0 Å². The third kappa shape index (κ3) is 16.1. The van der Waals surface area contributed by atoms with E-state index in [1.807, 2.05) is 0 Å². The smallest absolute Gasteiger partial charge is 0.0464 e. The van der Waals surface area contributed by atoms with Crippen molar-refractivity contribution >= 4 is 119 Å². The van der Waals surface area contributed by atoms with Crippen molar-refractivity contribution in [2.75, 3.05) is 34.3 Å². The maximum atomic E-state index is 2.37. The number of benzene rings is 18. The molecule has 0 heterocycles. The molecule has 0 atom stereocenters. The molecular formula is C111H87N7. The molecule has 7 heteroatoms. The minimum atomic E-state index is 1.00. The van der Waals surface area contributed by atoms with Crippen LogP contribution in [-0.4, -0.2) is 0 Å². The molecule has 0 fully saturated rings. The molecule has 0 radical (unpaired) electrons. The summed E-state index contributed by atoms with van der Waals surface area (Å²) in [6.07, 6.45) is 0. The van der Waals surface area contributed by atoms with Gasteiger partial charge in [-0.2, -0.15) is 0 Å². The SMILES string of the molecule is Cc1cccc(N(c2ccc(-c3ccc(N(c4ccccc4)c4ccccc4)cc3)cc2)c2ccc(N(c3ccc(N(c4ccc(-c5ccc(N(c6ccccc6)c6ccccc6)cc5)cc4)c4cccc(C)c4)cc3)c3ccc(N(c4ccc(-c5ccc(N(c6ccccc6)c6ccccc6)cc5)cc4)c4cccc(C)c4)cc3)cc2)c1. The van der Waals surface area contributed by atoms with E-state index in [1.54, 1.807) is 0 Å². The Labute approximate surface area is 693 Å². The molecule has 0 bridgehead atoms. The van der Waals surface area contributed by atoms with Crippen molar-refractivity contribution in [3.8, 4) is 33.4 Å². The second-order valence-corrected chi connectivity index (χ2v) is 29.7. The normalized spacial score (nSPS) is 11.0. The van der Waals surface area contributed by atoms with Gasteiger partial charge in [-0.15, -0.1) is 0 Å². The third-order valence-electron chi connectivity index (χ3n) is 21.7. The average molecular weight is 1520 g/mol. The average Bonchev–Trinajstić information content (AvgIpc) is 0.789. The fourth-order valence-corrected chi connectivity index (χ4v) is 16.0. The van der Waals surface area contributed by atoms with Crippen LogP contribution in [0.15, 0.2) is 473 Å². The lowest BCUT2D eigenvalue weighted by molar-refractivity contribution is 1.23. The molecule has 118 heavy (non-hydrogen) atoms. The summed E-state index contributed by atoms with van der Waals surface area (Å²) in [6.45, 7) is 6.49. The van der Waals surface area contributed by atoms with Crippen molar-refractivity contribution in [1.29, 1.82) is 0 Å². The molecular weight excluding hydrogens is 1430 g/mol. The van der Waals surface area contributed by atoms with E-state index in [0.717, 1.165) is 153 Å². The third-order valence-corrected chi connectivity index (χ3v) is 21.7. The number of hydrogen-bond acceptors (Lipinski definition) is 7. The number of nitrogens with zero attached hydrogens (tertiary/aromatic N) is 7. The van der Waals surface area contributed by atoms with E-state index in [9.17, 15) is 0 Å². The lowest BCUT2D eigenvalue weighted by atomic mass is 10.0. The molecule has 0 saturated heterocycles. The van der Waals surface area contributed by atoms with Crippen LogP contribution in [0.2, 0.25) is 0 Å². The summed E-state index contributed by atoms with van der Waals surface area (Å²) >= 11 is 0.